The second-order valence-corrected chi connectivity index (χ2v) is 9.52. The van der Waals surface area contributed by atoms with E-state index in [1.165, 1.54) is 23.1 Å². The van der Waals surface area contributed by atoms with Gasteiger partial charge in [0, 0.05) is 18.8 Å². The number of hydrogen-bond donors (Lipinski definition) is 7. The van der Waals surface area contributed by atoms with Gasteiger partial charge in [-0.3, -0.25) is 24.7 Å². The van der Waals surface area contributed by atoms with Gasteiger partial charge in [0.25, 0.3) is 0 Å². The van der Waals surface area contributed by atoms with E-state index >= 15 is 0 Å². The van der Waals surface area contributed by atoms with E-state index in [4.69, 9.17) is 17.2 Å². The number of aliphatic imine (C=N–C) groups is 1. The number of carboxylic acids is 1. The normalized spacial score (nSPS) is 15.3. The number of nitrogens with zero attached hydrogens (tertiary/aromatic N) is 2. The molecule has 42 heavy (non-hydrogen) atoms. The molecule has 3 amide bonds. The number of anilines is 1. The quantitative estimate of drug-likeness (QED) is 0.0765. The molecule has 2 aromatic rings. The van der Waals surface area contributed by atoms with E-state index in [0.717, 1.165) is 5.56 Å². The number of nitrogens with two attached hydrogens (primary N) is 3. The number of rotatable bonds is 12. The van der Waals surface area contributed by atoms with Crippen LogP contribution in [0.15, 0.2) is 53.5 Å². The van der Waals surface area contributed by atoms with Crippen LogP contribution in [0.25, 0.3) is 0 Å². The molecule has 3 atom stereocenters. The predicted octanol–water partition coefficient (Wildman–Crippen LogP) is 0.972. The van der Waals surface area contributed by atoms with E-state index in [9.17, 15) is 29.4 Å². The number of likely N-dealkylation sites (tertiary alicyclic amines) is 1. The number of guanidine groups is 1. The largest absolute Gasteiger partial charge is 0.507 e. The van der Waals surface area contributed by atoms with Gasteiger partial charge in [-0.2, -0.15) is 0 Å². The topological polar surface area (TPSA) is 226 Å². The van der Waals surface area contributed by atoms with Gasteiger partial charge in [-0.25, -0.2) is 4.79 Å². The molecule has 1 heterocycles. The molecule has 230 valence electrons. The number of nitrogens with one attached hydrogen (secondary N) is 2. The maximum atomic E-state index is 13.2. The lowest BCUT2D eigenvalue weighted by Crippen LogP contribution is -2.54. The van der Waals surface area contributed by atoms with Crippen molar-refractivity contribution in [2.75, 3.05) is 18.4 Å². The molecule has 3 unspecified atom stereocenters. The van der Waals surface area contributed by atoms with Crippen molar-refractivity contribution >= 4 is 60.2 Å². The minimum absolute atomic E-state index is 0. The Morgan fingerprint density at radius 3 is 2.40 bits per heavy atom. The third kappa shape index (κ3) is 10.1. The summed E-state index contributed by atoms with van der Waals surface area (Å²) in [6.07, 6.45) is 1.83. The van der Waals surface area contributed by atoms with Gasteiger partial charge in [0.1, 0.15) is 23.4 Å². The van der Waals surface area contributed by atoms with Gasteiger partial charge in [-0.1, -0.05) is 30.3 Å². The van der Waals surface area contributed by atoms with Gasteiger partial charge < -0.3 is 37.6 Å². The molecule has 0 bridgehead atoms. The highest BCUT2D eigenvalue weighted by Gasteiger charge is 2.37. The fourth-order valence-electron chi connectivity index (χ4n) is 4.53. The number of imide groups is 1. The molecule has 2 aromatic carbocycles. The summed E-state index contributed by atoms with van der Waals surface area (Å²) in [4.78, 5) is 56.2. The Balaban J connectivity index is 0.00000441. The van der Waals surface area contributed by atoms with Crippen molar-refractivity contribution in [2.45, 2.75) is 50.2 Å². The molecular formula is C27H37Cl2N7O6. The summed E-state index contributed by atoms with van der Waals surface area (Å²) < 4.78 is 0. The number of carbonyl (C=O) groups is 4. The van der Waals surface area contributed by atoms with Crippen LogP contribution in [0.4, 0.5) is 5.69 Å². The fourth-order valence-corrected chi connectivity index (χ4v) is 4.53. The zero-order valence-electron chi connectivity index (χ0n) is 22.8. The standard InChI is InChI=1S/C27H35N7O6.2ClH/c28-19(14-16-6-2-1-3-7-16)25(38)34-13-5-9-21(34)24(37)33-23(36)20(8-4-12-31-27(29)30)32-17-10-11-22(35)18(15-17)26(39)40;;/h1-3,6-7,10-11,15,19-21,32,35H,4-5,8-9,12-14,28H2,(H,39,40)(H4,29,30,31)(H,33,36,37);2*1H. The van der Waals surface area contributed by atoms with E-state index < -0.39 is 41.7 Å². The molecule has 1 aliphatic rings. The molecule has 3 rings (SSSR count). The number of aromatic hydroxyl groups is 1. The lowest BCUT2D eigenvalue weighted by atomic mass is 10.0. The maximum Gasteiger partial charge on any atom is 0.339 e. The first-order valence-electron chi connectivity index (χ1n) is 12.9. The number of aromatic carboxylic acids is 1. The molecule has 1 aliphatic heterocycles. The van der Waals surface area contributed by atoms with Crippen LogP contribution < -0.4 is 27.8 Å². The summed E-state index contributed by atoms with van der Waals surface area (Å²) in [6.45, 7) is 0.571. The smallest absolute Gasteiger partial charge is 0.339 e. The van der Waals surface area contributed by atoms with Crippen molar-refractivity contribution in [3.63, 3.8) is 0 Å². The van der Waals surface area contributed by atoms with Gasteiger partial charge in [-0.05, 0) is 55.9 Å². The van der Waals surface area contributed by atoms with E-state index in [1.54, 1.807) is 0 Å². The van der Waals surface area contributed by atoms with Crippen molar-refractivity contribution in [1.29, 1.82) is 0 Å². The molecule has 13 nitrogen and oxygen atoms in total. The van der Waals surface area contributed by atoms with E-state index in [0.29, 0.717) is 32.2 Å². The van der Waals surface area contributed by atoms with Crippen molar-refractivity contribution in [1.82, 2.24) is 10.2 Å². The van der Waals surface area contributed by atoms with Gasteiger partial charge in [0.2, 0.25) is 17.7 Å². The first kappa shape index (κ1) is 36.0. The van der Waals surface area contributed by atoms with Crippen LogP contribution in [-0.2, 0) is 20.8 Å². The summed E-state index contributed by atoms with van der Waals surface area (Å²) >= 11 is 0. The second kappa shape index (κ2) is 17.0. The number of carboxylic acid groups (broad SMARTS) is 1. The van der Waals surface area contributed by atoms with Crippen molar-refractivity contribution in [3.8, 4) is 5.75 Å². The molecule has 0 radical (unpaired) electrons. The van der Waals surface area contributed by atoms with Crippen LogP contribution in [0.2, 0.25) is 0 Å². The van der Waals surface area contributed by atoms with E-state index in [1.807, 2.05) is 30.3 Å². The molecule has 15 heteroatoms. The lowest BCUT2D eigenvalue weighted by Gasteiger charge is -2.27. The summed E-state index contributed by atoms with van der Waals surface area (Å²) in [7, 11) is 0. The predicted molar refractivity (Wildman–Crippen MR) is 163 cm³/mol. The zero-order valence-corrected chi connectivity index (χ0v) is 24.4. The van der Waals surface area contributed by atoms with Gasteiger partial charge >= 0.3 is 5.97 Å². The molecule has 0 spiro atoms. The molecule has 1 fully saturated rings. The molecule has 0 aliphatic carbocycles. The maximum absolute atomic E-state index is 13.2. The van der Waals surface area contributed by atoms with E-state index in [2.05, 4.69) is 15.6 Å². The number of phenols is 1. The Hall–Kier alpha value is -4.07. The number of hydrogen-bond acceptors (Lipinski definition) is 8. The first-order chi connectivity index (χ1) is 19.1. The number of carbonyl (C=O) groups excluding carboxylic acids is 3. The molecule has 1 saturated heterocycles. The number of amides is 3. The van der Waals surface area contributed by atoms with Crippen LogP contribution in [0, 0.1) is 0 Å². The summed E-state index contributed by atoms with van der Waals surface area (Å²) in [5, 5.41) is 24.4. The van der Waals surface area contributed by atoms with E-state index in [-0.39, 0.29) is 60.9 Å². The Labute approximate surface area is 255 Å². The van der Waals surface area contributed by atoms with Crippen LogP contribution in [-0.4, -0.2) is 76.0 Å². The van der Waals surface area contributed by atoms with Crippen LogP contribution in [0.3, 0.4) is 0 Å². The van der Waals surface area contributed by atoms with Crippen molar-refractivity contribution in [3.05, 3.63) is 59.7 Å². The Kier molecular flexibility index (Phi) is 14.6. The Bertz CT molecular complexity index is 1260. The minimum Gasteiger partial charge on any atom is -0.507 e. The van der Waals surface area contributed by atoms with Gasteiger partial charge in [0.05, 0.1) is 6.04 Å². The highest BCUT2D eigenvalue weighted by Crippen LogP contribution is 2.23. The highest BCUT2D eigenvalue weighted by molar-refractivity contribution is 6.02. The fraction of sp³-hybridized carbons (Fsp3) is 0.370. The van der Waals surface area contributed by atoms with Crippen LogP contribution in [0.5, 0.6) is 5.75 Å². The third-order valence-corrected chi connectivity index (χ3v) is 6.53. The van der Waals surface area contributed by atoms with Crippen molar-refractivity contribution in [2.24, 2.45) is 22.2 Å². The number of halogens is 2. The van der Waals surface area contributed by atoms with Gasteiger partial charge in [-0.15, -0.1) is 24.8 Å². The van der Waals surface area contributed by atoms with Crippen LogP contribution in [0.1, 0.15) is 41.6 Å². The Morgan fingerprint density at radius 2 is 1.76 bits per heavy atom. The monoisotopic (exact) mass is 625 g/mol. The average molecular weight is 627 g/mol. The molecular weight excluding hydrogens is 589 g/mol. The molecule has 0 aromatic heterocycles. The number of benzene rings is 2. The SMILES string of the molecule is Cl.Cl.NC(N)=NCCCC(Nc1ccc(O)c(C(=O)O)c1)C(=O)NC(=O)C1CCCN1C(=O)C(N)Cc1ccccc1. The molecule has 0 saturated carbocycles. The van der Waals surface area contributed by atoms with Crippen molar-refractivity contribution < 1.29 is 29.4 Å². The summed E-state index contributed by atoms with van der Waals surface area (Å²) in [5.41, 5.74) is 17.7. The first-order valence-corrected chi connectivity index (χ1v) is 12.9. The van der Waals surface area contributed by atoms with Gasteiger partial charge in [0.15, 0.2) is 5.96 Å². The summed E-state index contributed by atoms with van der Waals surface area (Å²) in [5.74, 6) is -3.56. The zero-order chi connectivity index (χ0) is 29.2. The molecule has 10 N–H and O–H groups in total. The van der Waals surface area contributed by atoms with Crippen LogP contribution >= 0.6 is 24.8 Å². The summed E-state index contributed by atoms with van der Waals surface area (Å²) in [6, 6.07) is 10.4. The minimum atomic E-state index is -1.35. The Morgan fingerprint density at radius 1 is 1.07 bits per heavy atom. The third-order valence-electron chi connectivity index (χ3n) is 6.53. The average Bonchev–Trinajstić information content (AvgIpc) is 3.41. The lowest BCUT2D eigenvalue weighted by molar-refractivity contribution is -0.141. The highest BCUT2D eigenvalue weighted by atomic mass is 35.5. The second-order valence-electron chi connectivity index (χ2n) is 9.52.